The first-order valence-electron chi connectivity index (χ1n) is 10.4. The van der Waals surface area contributed by atoms with E-state index in [-0.39, 0.29) is 18.4 Å². The van der Waals surface area contributed by atoms with Gasteiger partial charge in [0.25, 0.3) is 5.91 Å². The van der Waals surface area contributed by atoms with Crippen molar-refractivity contribution in [2.24, 2.45) is 0 Å². The van der Waals surface area contributed by atoms with E-state index in [1.54, 1.807) is 66.9 Å². The molecule has 0 unspecified atom stereocenters. The fourth-order valence-corrected chi connectivity index (χ4v) is 2.84. The number of furan rings is 1. The molecule has 0 aliphatic carbocycles. The number of ether oxygens (including phenoxy) is 2. The highest BCUT2D eigenvalue weighted by atomic mass is 16.5. The minimum absolute atomic E-state index is 0.0596. The van der Waals surface area contributed by atoms with Gasteiger partial charge in [0, 0.05) is 23.5 Å². The molecule has 0 atom stereocenters. The Balaban J connectivity index is 1.43. The Labute approximate surface area is 186 Å². The molecule has 0 saturated carbocycles. The summed E-state index contributed by atoms with van der Waals surface area (Å²) in [6, 6.07) is 17.6. The van der Waals surface area contributed by atoms with Gasteiger partial charge in [-0.05, 0) is 61.5 Å². The van der Waals surface area contributed by atoms with Crippen LogP contribution in [0.5, 0.6) is 5.75 Å². The van der Waals surface area contributed by atoms with Crippen LogP contribution < -0.4 is 20.7 Å². The SMILES string of the molecule is CCOCCOc1ccc(NC(=O)CNc2cccc(C(=O)NCc3ccco3)c2)cc1. The van der Waals surface area contributed by atoms with Crippen LogP contribution in [0.15, 0.2) is 71.3 Å². The van der Waals surface area contributed by atoms with Crippen LogP contribution in [0.25, 0.3) is 0 Å². The summed E-state index contributed by atoms with van der Waals surface area (Å²) in [5.41, 5.74) is 1.82. The Kier molecular flexibility index (Phi) is 8.70. The number of nitrogens with one attached hydrogen (secondary N) is 3. The minimum Gasteiger partial charge on any atom is -0.491 e. The molecular weight excluding hydrogens is 410 g/mol. The summed E-state index contributed by atoms with van der Waals surface area (Å²) in [6.07, 6.45) is 1.56. The summed E-state index contributed by atoms with van der Waals surface area (Å²) in [4.78, 5) is 24.6. The highest BCUT2D eigenvalue weighted by Crippen LogP contribution is 2.16. The zero-order chi connectivity index (χ0) is 22.6. The lowest BCUT2D eigenvalue weighted by Crippen LogP contribution is -2.23. The molecule has 0 spiro atoms. The van der Waals surface area contributed by atoms with E-state index < -0.39 is 0 Å². The minimum atomic E-state index is -0.224. The Hall–Kier alpha value is -3.78. The van der Waals surface area contributed by atoms with Gasteiger partial charge in [-0.2, -0.15) is 0 Å². The van der Waals surface area contributed by atoms with Gasteiger partial charge in [0.1, 0.15) is 18.1 Å². The van der Waals surface area contributed by atoms with Gasteiger partial charge in [-0.3, -0.25) is 9.59 Å². The lowest BCUT2D eigenvalue weighted by Gasteiger charge is -2.10. The van der Waals surface area contributed by atoms with Gasteiger partial charge in [0.15, 0.2) is 0 Å². The third-order valence-electron chi connectivity index (χ3n) is 4.42. The molecule has 2 amide bonds. The van der Waals surface area contributed by atoms with E-state index in [1.165, 1.54) is 0 Å². The van der Waals surface area contributed by atoms with Crippen LogP contribution in [0, 0.1) is 0 Å². The van der Waals surface area contributed by atoms with Crippen molar-refractivity contribution in [3.8, 4) is 5.75 Å². The predicted molar refractivity (Wildman–Crippen MR) is 122 cm³/mol. The summed E-state index contributed by atoms with van der Waals surface area (Å²) in [5, 5.41) is 8.64. The van der Waals surface area contributed by atoms with Crippen LogP contribution in [0.4, 0.5) is 11.4 Å². The highest BCUT2D eigenvalue weighted by molar-refractivity contribution is 5.96. The second-order valence-electron chi connectivity index (χ2n) is 6.81. The number of amides is 2. The molecule has 1 heterocycles. The molecule has 32 heavy (non-hydrogen) atoms. The fourth-order valence-electron chi connectivity index (χ4n) is 2.84. The quantitative estimate of drug-likeness (QED) is 0.374. The Morgan fingerprint density at radius 2 is 1.81 bits per heavy atom. The number of benzene rings is 2. The summed E-state index contributed by atoms with van der Waals surface area (Å²) in [5.74, 6) is 0.957. The van der Waals surface area contributed by atoms with Gasteiger partial charge in [0.05, 0.1) is 26.0 Å². The number of hydrogen-bond acceptors (Lipinski definition) is 6. The zero-order valence-corrected chi connectivity index (χ0v) is 17.9. The van der Waals surface area contributed by atoms with Gasteiger partial charge in [0.2, 0.25) is 5.91 Å². The predicted octanol–water partition coefficient (Wildman–Crippen LogP) is 3.68. The highest BCUT2D eigenvalue weighted by Gasteiger charge is 2.08. The molecule has 2 aromatic carbocycles. The largest absolute Gasteiger partial charge is 0.491 e. The van der Waals surface area contributed by atoms with Crippen LogP contribution in [0.2, 0.25) is 0 Å². The topological polar surface area (TPSA) is 102 Å². The second-order valence-corrected chi connectivity index (χ2v) is 6.81. The Morgan fingerprint density at radius 1 is 0.969 bits per heavy atom. The third kappa shape index (κ3) is 7.48. The smallest absolute Gasteiger partial charge is 0.251 e. The van der Waals surface area contributed by atoms with Crippen LogP contribution in [0.1, 0.15) is 23.0 Å². The van der Waals surface area contributed by atoms with E-state index in [1.807, 2.05) is 6.92 Å². The number of carbonyl (C=O) groups is 2. The van der Waals surface area contributed by atoms with Crippen molar-refractivity contribution in [3.63, 3.8) is 0 Å². The maximum absolute atomic E-state index is 12.3. The Morgan fingerprint density at radius 3 is 2.56 bits per heavy atom. The summed E-state index contributed by atoms with van der Waals surface area (Å²) >= 11 is 0. The molecule has 0 fully saturated rings. The average Bonchev–Trinajstić information content (AvgIpc) is 3.34. The van der Waals surface area contributed by atoms with Crippen molar-refractivity contribution in [3.05, 3.63) is 78.3 Å². The van der Waals surface area contributed by atoms with Crippen molar-refractivity contribution < 1.29 is 23.5 Å². The van der Waals surface area contributed by atoms with Gasteiger partial charge in [-0.15, -0.1) is 0 Å². The van der Waals surface area contributed by atoms with Gasteiger partial charge in [-0.1, -0.05) is 6.07 Å². The fraction of sp³-hybridized carbons (Fsp3) is 0.250. The molecule has 0 aliphatic rings. The monoisotopic (exact) mass is 437 g/mol. The van der Waals surface area contributed by atoms with Crippen molar-refractivity contribution in [1.29, 1.82) is 0 Å². The number of anilines is 2. The number of rotatable bonds is 12. The third-order valence-corrected chi connectivity index (χ3v) is 4.42. The molecule has 3 N–H and O–H groups in total. The first kappa shape index (κ1) is 22.9. The Bertz CT molecular complexity index is 987. The summed E-state index contributed by atoms with van der Waals surface area (Å²) < 4.78 is 16.0. The normalized spacial score (nSPS) is 10.4. The van der Waals surface area contributed by atoms with E-state index >= 15 is 0 Å². The maximum atomic E-state index is 12.3. The lowest BCUT2D eigenvalue weighted by molar-refractivity contribution is -0.114. The summed E-state index contributed by atoms with van der Waals surface area (Å²) in [7, 11) is 0. The molecule has 1 aromatic heterocycles. The molecule has 168 valence electrons. The van der Waals surface area contributed by atoms with E-state index in [2.05, 4.69) is 16.0 Å². The van der Waals surface area contributed by atoms with Crippen molar-refractivity contribution in [1.82, 2.24) is 5.32 Å². The van der Waals surface area contributed by atoms with Crippen LogP contribution in [-0.2, 0) is 16.1 Å². The molecule has 0 saturated heterocycles. The number of carbonyl (C=O) groups excluding carboxylic acids is 2. The van der Waals surface area contributed by atoms with Crippen molar-refractivity contribution >= 4 is 23.2 Å². The van der Waals surface area contributed by atoms with Crippen molar-refractivity contribution in [2.75, 3.05) is 37.0 Å². The first-order chi connectivity index (χ1) is 15.6. The first-order valence-corrected chi connectivity index (χ1v) is 10.4. The van der Waals surface area contributed by atoms with E-state index in [0.717, 1.165) is 0 Å². The standard InChI is InChI=1S/C24H27N3O5/c1-2-30-13-14-32-21-10-8-19(9-11-21)27-23(28)17-25-20-6-3-5-18(15-20)24(29)26-16-22-7-4-12-31-22/h3-12,15,25H,2,13-14,16-17H2,1H3,(H,26,29)(H,27,28). The lowest BCUT2D eigenvalue weighted by atomic mass is 10.2. The molecular formula is C24H27N3O5. The van der Waals surface area contributed by atoms with E-state index in [9.17, 15) is 9.59 Å². The van der Waals surface area contributed by atoms with E-state index in [4.69, 9.17) is 13.9 Å². The van der Waals surface area contributed by atoms with E-state index in [0.29, 0.717) is 54.8 Å². The molecule has 3 rings (SSSR count). The maximum Gasteiger partial charge on any atom is 0.251 e. The van der Waals surface area contributed by atoms with Gasteiger partial charge in [-0.25, -0.2) is 0 Å². The van der Waals surface area contributed by atoms with Gasteiger partial charge >= 0.3 is 0 Å². The molecule has 0 aliphatic heterocycles. The van der Waals surface area contributed by atoms with Crippen LogP contribution in [0.3, 0.4) is 0 Å². The summed E-state index contributed by atoms with van der Waals surface area (Å²) in [6.45, 7) is 3.97. The molecule has 0 radical (unpaired) electrons. The average molecular weight is 437 g/mol. The number of hydrogen-bond donors (Lipinski definition) is 3. The molecule has 8 heteroatoms. The second kappa shape index (κ2) is 12.2. The molecule has 8 nitrogen and oxygen atoms in total. The van der Waals surface area contributed by atoms with Crippen LogP contribution in [-0.4, -0.2) is 38.2 Å². The van der Waals surface area contributed by atoms with Crippen molar-refractivity contribution in [2.45, 2.75) is 13.5 Å². The zero-order valence-electron chi connectivity index (χ0n) is 17.9. The van der Waals surface area contributed by atoms with Gasteiger partial charge < -0.3 is 29.8 Å². The molecule has 0 bridgehead atoms. The van der Waals surface area contributed by atoms with Crippen LogP contribution >= 0.6 is 0 Å². The molecule has 3 aromatic rings.